The summed E-state index contributed by atoms with van der Waals surface area (Å²) in [6.07, 6.45) is 1.36. The van der Waals surface area contributed by atoms with Crippen LogP contribution in [0.15, 0.2) is 71.8 Å². The fourth-order valence-electron chi connectivity index (χ4n) is 2.86. The minimum absolute atomic E-state index is 0.0917. The summed E-state index contributed by atoms with van der Waals surface area (Å²) in [4.78, 5) is 34.6. The molecular weight excluding hydrogens is 459 g/mol. The standard InChI is InChI=1S/C24H21FN4O6/c1-2-34-22-12-16(14-26-28-24(31)17-4-3-5-20(13-17)29(32)33)6-11-21(22)35-15-23(30)27-19-9-7-18(25)8-10-19/h3-14H,2,15H2,1H3,(H,27,30)(H,28,31)/b26-14+. The summed E-state index contributed by atoms with van der Waals surface area (Å²) in [5.41, 5.74) is 3.19. The summed E-state index contributed by atoms with van der Waals surface area (Å²) in [6, 6.07) is 15.4. The lowest BCUT2D eigenvalue weighted by atomic mass is 10.2. The first-order valence-electron chi connectivity index (χ1n) is 10.4. The van der Waals surface area contributed by atoms with E-state index in [4.69, 9.17) is 9.47 Å². The molecule has 0 heterocycles. The van der Waals surface area contributed by atoms with Gasteiger partial charge in [0.2, 0.25) is 0 Å². The fraction of sp³-hybridized carbons (Fsp3) is 0.125. The van der Waals surface area contributed by atoms with E-state index in [9.17, 15) is 24.1 Å². The molecular formula is C24H21FN4O6. The van der Waals surface area contributed by atoms with Crippen LogP contribution in [0.25, 0.3) is 0 Å². The van der Waals surface area contributed by atoms with E-state index >= 15 is 0 Å². The second-order valence-corrected chi connectivity index (χ2v) is 6.99. The number of nitrogens with one attached hydrogen (secondary N) is 2. The van der Waals surface area contributed by atoms with Crippen molar-refractivity contribution in [3.05, 3.63) is 93.8 Å². The molecule has 0 radical (unpaired) electrons. The summed E-state index contributed by atoms with van der Waals surface area (Å²) >= 11 is 0. The number of hydrazone groups is 1. The Morgan fingerprint density at radius 1 is 1.06 bits per heavy atom. The molecule has 0 fully saturated rings. The Morgan fingerprint density at radius 2 is 1.83 bits per heavy atom. The van der Waals surface area contributed by atoms with Crippen LogP contribution in [0.2, 0.25) is 0 Å². The molecule has 0 spiro atoms. The molecule has 0 unspecified atom stereocenters. The van der Waals surface area contributed by atoms with Crippen molar-refractivity contribution in [2.24, 2.45) is 5.10 Å². The van der Waals surface area contributed by atoms with E-state index in [1.54, 1.807) is 25.1 Å². The lowest BCUT2D eigenvalue weighted by molar-refractivity contribution is -0.384. The van der Waals surface area contributed by atoms with E-state index in [0.717, 1.165) is 6.07 Å². The number of hydrogen-bond acceptors (Lipinski definition) is 7. The van der Waals surface area contributed by atoms with Crippen LogP contribution < -0.4 is 20.2 Å². The van der Waals surface area contributed by atoms with Crippen LogP contribution in [-0.2, 0) is 4.79 Å². The van der Waals surface area contributed by atoms with Crippen LogP contribution >= 0.6 is 0 Å². The number of ether oxygens (including phenoxy) is 2. The van der Waals surface area contributed by atoms with Gasteiger partial charge in [-0.05, 0) is 61.0 Å². The number of nitro groups is 1. The number of halogens is 1. The van der Waals surface area contributed by atoms with Gasteiger partial charge in [-0.15, -0.1) is 0 Å². The van der Waals surface area contributed by atoms with Gasteiger partial charge in [-0.1, -0.05) is 6.07 Å². The van der Waals surface area contributed by atoms with E-state index < -0.39 is 22.6 Å². The second kappa shape index (κ2) is 11.9. The quantitative estimate of drug-likeness (QED) is 0.257. The summed E-state index contributed by atoms with van der Waals surface area (Å²) in [5.74, 6) is -0.779. The molecule has 0 aliphatic carbocycles. The van der Waals surface area contributed by atoms with Crippen molar-refractivity contribution < 1.29 is 28.4 Å². The van der Waals surface area contributed by atoms with E-state index in [1.807, 2.05) is 0 Å². The van der Waals surface area contributed by atoms with Crippen LogP contribution in [-0.4, -0.2) is 36.2 Å². The third kappa shape index (κ3) is 7.35. The Morgan fingerprint density at radius 3 is 2.54 bits per heavy atom. The van der Waals surface area contributed by atoms with E-state index in [2.05, 4.69) is 15.8 Å². The average molecular weight is 480 g/mol. The van der Waals surface area contributed by atoms with Gasteiger partial charge in [-0.25, -0.2) is 9.82 Å². The monoisotopic (exact) mass is 480 g/mol. The predicted molar refractivity (Wildman–Crippen MR) is 126 cm³/mol. The van der Waals surface area contributed by atoms with Crippen LogP contribution in [0.5, 0.6) is 11.5 Å². The molecule has 0 bridgehead atoms. The number of non-ortho nitro benzene ring substituents is 1. The Kier molecular flexibility index (Phi) is 8.43. The zero-order valence-electron chi connectivity index (χ0n) is 18.6. The maximum atomic E-state index is 13.0. The maximum Gasteiger partial charge on any atom is 0.271 e. The minimum Gasteiger partial charge on any atom is -0.490 e. The third-order valence-corrected chi connectivity index (χ3v) is 4.45. The zero-order valence-corrected chi connectivity index (χ0v) is 18.6. The van der Waals surface area contributed by atoms with Crippen molar-refractivity contribution in [1.82, 2.24) is 5.43 Å². The number of nitrogens with zero attached hydrogens (tertiary/aromatic N) is 2. The Bertz CT molecular complexity index is 1250. The number of amides is 2. The summed E-state index contributed by atoms with van der Waals surface area (Å²) in [7, 11) is 0. The molecule has 0 saturated heterocycles. The Hall–Kier alpha value is -4.80. The van der Waals surface area contributed by atoms with Crippen molar-refractivity contribution in [2.75, 3.05) is 18.5 Å². The van der Waals surface area contributed by atoms with Crippen LogP contribution in [0.1, 0.15) is 22.8 Å². The minimum atomic E-state index is -0.609. The molecule has 10 nitrogen and oxygen atoms in total. The normalized spacial score (nSPS) is 10.6. The zero-order chi connectivity index (χ0) is 25.2. The number of carbonyl (C=O) groups excluding carboxylic acids is 2. The van der Waals surface area contributed by atoms with Crippen LogP contribution in [0.4, 0.5) is 15.8 Å². The first-order chi connectivity index (χ1) is 16.9. The van der Waals surface area contributed by atoms with Gasteiger partial charge >= 0.3 is 0 Å². The highest BCUT2D eigenvalue weighted by Gasteiger charge is 2.12. The first kappa shape index (κ1) is 24.8. The highest BCUT2D eigenvalue weighted by Crippen LogP contribution is 2.28. The SMILES string of the molecule is CCOc1cc(/C=N/NC(=O)c2cccc([N+](=O)[O-])c2)ccc1OCC(=O)Nc1ccc(F)cc1. The van der Waals surface area contributed by atoms with Crippen molar-refractivity contribution in [3.63, 3.8) is 0 Å². The molecule has 180 valence electrons. The Balaban J connectivity index is 1.60. The van der Waals surface area contributed by atoms with Crippen LogP contribution in [0, 0.1) is 15.9 Å². The van der Waals surface area contributed by atoms with E-state index in [1.165, 1.54) is 48.7 Å². The molecule has 0 aromatic heterocycles. The van der Waals surface area contributed by atoms with Gasteiger partial charge in [0.1, 0.15) is 5.82 Å². The molecule has 2 amide bonds. The number of carbonyl (C=O) groups is 2. The number of hydrogen-bond donors (Lipinski definition) is 2. The molecule has 0 saturated carbocycles. The van der Waals surface area contributed by atoms with Crippen LogP contribution in [0.3, 0.4) is 0 Å². The highest BCUT2D eigenvalue weighted by molar-refractivity contribution is 5.95. The van der Waals surface area contributed by atoms with E-state index in [-0.39, 0.29) is 17.9 Å². The topological polar surface area (TPSA) is 132 Å². The van der Waals surface area contributed by atoms with Crippen molar-refractivity contribution in [3.8, 4) is 11.5 Å². The largest absolute Gasteiger partial charge is 0.490 e. The van der Waals surface area contributed by atoms with Crippen molar-refractivity contribution >= 4 is 29.4 Å². The van der Waals surface area contributed by atoms with Crippen molar-refractivity contribution in [1.29, 1.82) is 0 Å². The number of benzene rings is 3. The molecule has 35 heavy (non-hydrogen) atoms. The molecule has 0 aliphatic heterocycles. The van der Waals surface area contributed by atoms with E-state index in [0.29, 0.717) is 29.4 Å². The van der Waals surface area contributed by atoms with Gasteiger partial charge < -0.3 is 14.8 Å². The maximum absolute atomic E-state index is 13.0. The number of nitro benzene ring substituents is 1. The lowest BCUT2D eigenvalue weighted by Gasteiger charge is -2.12. The number of anilines is 1. The van der Waals surface area contributed by atoms with Gasteiger partial charge in [0.05, 0.1) is 17.7 Å². The molecule has 2 N–H and O–H groups in total. The number of rotatable bonds is 10. The molecule has 3 aromatic rings. The summed E-state index contributed by atoms with van der Waals surface area (Å²) in [6.45, 7) is 1.82. The van der Waals surface area contributed by atoms with Gasteiger partial charge in [0.15, 0.2) is 18.1 Å². The average Bonchev–Trinajstić information content (AvgIpc) is 2.85. The third-order valence-electron chi connectivity index (χ3n) is 4.45. The second-order valence-electron chi connectivity index (χ2n) is 6.99. The molecule has 11 heteroatoms. The van der Waals surface area contributed by atoms with Gasteiger partial charge in [-0.3, -0.25) is 19.7 Å². The highest BCUT2D eigenvalue weighted by atomic mass is 19.1. The summed E-state index contributed by atoms with van der Waals surface area (Å²) < 4.78 is 24.1. The molecule has 3 aromatic carbocycles. The Labute approximate surface area is 199 Å². The van der Waals surface area contributed by atoms with Crippen molar-refractivity contribution in [2.45, 2.75) is 6.92 Å². The fourth-order valence-corrected chi connectivity index (χ4v) is 2.86. The lowest BCUT2D eigenvalue weighted by Crippen LogP contribution is -2.20. The smallest absolute Gasteiger partial charge is 0.271 e. The first-order valence-corrected chi connectivity index (χ1v) is 10.4. The van der Waals surface area contributed by atoms with Gasteiger partial charge in [0.25, 0.3) is 17.5 Å². The van der Waals surface area contributed by atoms with Gasteiger partial charge in [-0.2, -0.15) is 5.10 Å². The predicted octanol–water partition coefficient (Wildman–Crippen LogP) is 3.91. The summed E-state index contributed by atoms with van der Waals surface area (Å²) in [5, 5.41) is 17.3. The molecule has 0 atom stereocenters. The molecule has 0 aliphatic rings. The molecule has 3 rings (SSSR count). The van der Waals surface area contributed by atoms with Gasteiger partial charge in [0, 0.05) is 23.4 Å².